The van der Waals surface area contributed by atoms with Crippen molar-refractivity contribution in [1.29, 1.82) is 0 Å². The van der Waals surface area contributed by atoms with Crippen molar-refractivity contribution in [3.8, 4) is 22.6 Å². The average Bonchev–Trinajstić information content (AvgIpc) is 2.91. The van der Waals surface area contributed by atoms with Crippen molar-refractivity contribution in [3.63, 3.8) is 0 Å². The predicted molar refractivity (Wildman–Crippen MR) is 165 cm³/mol. The van der Waals surface area contributed by atoms with E-state index in [1.165, 1.54) is 16.7 Å². The fourth-order valence-electron chi connectivity index (χ4n) is 4.09. The van der Waals surface area contributed by atoms with Crippen molar-refractivity contribution < 1.29 is 10.2 Å². The van der Waals surface area contributed by atoms with Gasteiger partial charge in [-0.05, 0) is 66.9 Å². The minimum Gasteiger partial charge on any atom is -0.507 e. The van der Waals surface area contributed by atoms with Gasteiger partial charge in [-0.1, -0.05) is 130 Å². The molecule has 0 heterocycles. The number of phenolic OH excluding ortho intramolecular Hbond substituents is 2. The molecule has 6 rings (SSSR count). The quantitative estimate of drug-likeness (QED) is 0.209. The van der Waals surface area contributed by atoms with Gasteiger partial charge in [0.05, 0.1) is 0 Å². The van der Waals surface area contributed by atoms with Gasteiger partial charge in [-0.3, -0.25) is 0 Å². The molecule has 3 heteroatoms. The normalized spacial score (nSPS) is 10.3. The molecule has 2 N–H and O–H groups in total. The first-order valence-corrected chi connectivity index (χ1v) is 13.3. The number of fused-ring (bicyclic) bond motifs is 2. The van der Waals surface area contributed by atoms with Gasteiger partial charge in [0, 0.05) is 15.2 Å². The topological polar surface area (TPSA) is 40.5 Å². The number of hydrogen-bond donors (Lipinski definition) is 2. The average molecular weight is 564 g/mol. The van der Waals surface area contributed by atoms with Gasteiger partial charge in [0.2, 0.25) is 0 Å². The number of halogens is 1. The molecule has 0 aliphatic rings. The Morgan fingerprint density at radius 1 is 0.447 bits per heavy atom. The molecule has 0 spiro atoms. The van der Waals surface area contributed by atoms with Crippen LogP contribution in [0, 0.1) is 20.8 Å². The highest BCUT2D eigenvalue weighted by atomic mass is 79.9. The molecule has 6 aromatic rings. The Morgan fingerprint density at radius 2 is 0.868 bits per heavy atom. The molecule has 38 heavy (non-hydrogen) atoms. The molecule has 0 fully saturated rings. The highest BCUT2D eigenvalue weighted by molar-refractivity contribution is 9.10. The van der Waals surface area contributed by atoms with Crippen molar-refractivity contribution in [2.45, 2.75) is 20.8 Å². The second-order valence-electron chi connectivity index (χ2n) is 9.38. The number of rotatable bonds is 1. The van der Waals surface area contributed by atoms with E-state index in [0.717, 1.165) is 37.1 Å². The summed E-state index contributed by atoms with van der Waals surface area (Å²) in [7, 11) is 0. The lowest BCUT2D eigenvalue weighted by molar-refractivity contribution is 0.481. The van der Waals surface area contributed by atoms with Gasteiger partial charge >= 0.3 is 0 Å². The van der Waals surface area contributed by atoms with Gasteiger partial charge in [-0.2, -0.15) is 0 Å². The zero-order valence-corrected chi connectivity index (χ0v) is 23.4. The Hall–Kier alpha value is -4.08. The van der Waals surface area contributed by atoms with E-state index in [0.29, 0.717) is 11.5 Å². The molecule has 0 aliphatic heterocycles. The largest absolute Gasteiger partial charge is 0.507 e. The maximum Gasteiger partial charge on any atom is 0.124 e. The minimum absolute atomic E-state index is 0.319. The van der Waals surface area contributed by atoms with E-state index in [9.17, 15) is 10.2 Å². The van der Waals surface area contributed by atoms with Crippen molar-refractivity contribution in [2.75, 3.05) is 0 Å². The Bertz CT molecular complexity index is 1630. The smallest absolute Gasteiger partial charge is 0.124 e. The van der Waals surface area contributed by atoms with Crippen LogP contribution in [0.25, 0.3) is 32.7 Å². The number of benzene rings is 6. The Labute approximate surface area is 233 Å². The fraction of sp³-hybridized carbons (Fsp3) is 0.0857. The number of aromatic hydroxyl groups is 2. The standard InChI is InChI=1S/C17H14O.C10H7BrO.C8H10/c1-12-6-8-13(9-7-12)15-10-14-4-2-3-5-16(14)17(18)11-15;11-8-5-7-3-1-2-4-9(7)10(12)6-8;1-7-3-5-8(2)6-4-7/h2-11,18H,1H3;1-6,12H;3-6H,1-2H3. The van der Waals surface area contributed by atoms with Crippen molar-refractivity contribution >= 4 is 37.5 Å². The molecule has 0 saturated heterocycles. The van der Waals surface area contributed by atoms with Crippen LogP contribution in [-0.2, 0) is 0 Å². The van der Waals surface area contributed by atoms with Crippen molar-refractivity contribution in [2.24, 2.45) is 0 Å². The molecule has 0 bridgehead atoms. The van der Waals surface area contributed by atoms with Crippen LogP contribution >= 0.6 is 15.9 Å². The molecule has 0 radical (unpaired) electrons. The fourth-order valence-corrected chi connectivity index (χ4v) is 4.56. The number of phenols is 2. The first-order chi connectivity index (χ1) is 18.3. The summed E-state index contributed by atoms with van der Waals surface area (Å²) in [6.07, 6.45) is 0. The third kappa shape index (κ3) is 7.02. The minimum atomic E-state index is 0.319. The molecule has 0 aliphatic carbocycles. The van der Waals surface area contributed by atoms with Gasteiger partial charge in [-0.15, -0.1) is 0 Å². The maximum atomic E-state index is 10.1. The van der Waals surface area contributed by atoms with Crippen LogP contribution in [-0.4, -0.2) is 10.2 Å². The zero-order valence-electron chi connectivity index (χ0n) is 21.8. The van der Waals surface area contributed by atoms with Crippen molar-refractivity contribution in [3.05, 3.63) is 142 Å². The first-order valence-electron chi connectivity index (χ1n) is 12.5. The lowest BCUT2D eigenvalue weighted by atomic mass is 10.00. The number of aryl methyl sites for hydroxylation is 3. The van der Waals surface area contributed by atoms with E-state index >= 15 is 0 Å². The maximum absolute atomic E-state index is 10.1. The second-order valence-corrected chi connectivity index (χ2v) is 10.3. The molecule has 0 atom stereocenters. The zero-order chi connectivity index (χ0) is 27.1. The molecule has 6 aromatic carbocycles. The molecule has 2 nitrogen and oxygen atoms in total. The van der Waals surface area contributed by atoms with Crippen LogP contribution in [0.5, 0.6) is 11.5 Å². The van der Waals surface area contributed by atoms with E-state index in [4.69, 9.17) is 0 Å². The molecule has 190 valence electrons. The van der Waals surface area contributed by atoms with Gasteiger partial charge in [0.1, 0.15) is 11.5 Å². The summed E-state index contributed by atoms with van der Waals surface area (Å²) in [5.41, 5.74) is 6.07. The molecular formula is C35H31BrO2. The van der Waals surface area contributed by atoms with Gasteiger partial charge in [-0.25, -0.2) is 0 Å². The van der Waals surface area contributed by atoms with Gasteiger partial charge < -0.3 is 10.2 Å². The van der Waals surface area contributed by atoms with Crippen LogP contribution in [0.15, 0.2) is 126 Å². The Morgan fingerprint density at radius 3 is 1.39 bits per heavy atom. The van der Waals surface area contributed by atoms with E-state index in [1.807, 2.05) is 60.7 Å². The summed E-state index contributed by atoms with van der Waals surface area (Å²) >= 11 is 3.32. The molecule has 0 amide bonds. The van der Waals surface area contributed by atoms with Gasteiger partial charge in [0.25, 0.3) is 0 Å². The molecule has 0 saturated carbocycles. The lowest BCUT2D eigenvalue weighted by Crippen LogP contribution is -1.81. The summed E-state index contributed by atoms with van der Waals surface area (Å²) in [5.74, 6) is 0.656. The van der Waals surface area contributed by atoms with Gasteiger partial charge in [0.15, 0.2) is 0 Å². The van der Waals surface area contributed by atoms with Crippen LogP contribution in [0.2, 0.25) is 0 Å². The summed E-state index contributed by atoms with van der Waals surface area (Å²) < 4.78 is 0.902. The second kappa shape index (κ2) is 12.4. The summed E-state index contributed by atoms with van der Waals surface area (Å²) in [4.78, 5) is 0. The third-order valence-corrected chi connectivity index (χ3v) is 6.71. The van der Waals surface area contributed by atoms with Crippen LogP contribution in [0.3, 0.4) is 0 Å². The summed E-state index contributed by atoms with van der Waals surface area (Å²) in [6, 6.07) is 40.0. The third-order valence-electron chi connectivity index (χ3n) is 6.25. The number of hydrogen-bond acceptors (Lipinski definition) is 2. The summed E-state index contributed by atoms with van der Waals surface area (Å²) in [5, 5.41) is 23.5. The van der Waals surface area contributed by atoms with Crippen molar-refractivity contribution in [1.82, 2.24) is 0 Å². The summed E-state index contributed by atoms with van der Waals surface area (Å²) in [6.45, 7) is 6.26. The first kappa shape index (κ1) is 27.0. The molecular weight excluding hydrogens is 532 g/mol. The van der Waals surface area contributed by atoms with Crippen LogP contribution in [0.1, 0.15) is 16.7 Å². The predicted octanol–water partition coefficient (Wildman–Crippen LogP) is 10.1. The van der Waals surface area contributed by atoms with E-state index in [-0.39, 0.29) is 0 Å². The highest BCUT2D eigenvalue weighted by Crippen LogP contribution is 2.32. The Kier molecular flexibility index (Phi) is 8.83. The lowest BCUT2D eigenvalue weighted by Gasteiger charge is -2.07. The highest BCUT2D eigenvalue weighted by Gasteiger charge is 2.04. The van der Waals surface area contributed by atoms with Crippen LogP contribution in [0.4, 0.5) is 0 Å². The van der Waals surface area contributed by atoms with E-state index in [1.54, 1.807) is 6.07 Å². The van der Waals surface area contributed by atoms with E-state index < -0.39 is 0 Å². The molecule has 0 unspecified atom stereocenters. The monoisotopic (exact) mass is 562 g/mol. The van der Waals surface area contributed by atoms with Crippen LogP contribution < -0.4 is 0 Å². The Balaban J connectivity index is 0.000000145. The molecule has 0 aromatic heterocycles. The van der Waals surface area contributed by atoms with E-state index in [2.05, 4.69) is 91.3 Å². The SMILES string of the molecule is Cc1ccc(-c2cc(O)c3ccccc3c2)cc1.Cc1ccc(C)cc1.Oc1cc(Br)cc2ccccc12.